The Bertz CT molecular complexity index is 492. The van der Waals surface area contributed by atoms with Crippen LogP contribution in [-0.2, 0) is 16.1 Å². The lowest BCUT2D eigenvalue weighted by atomic mass is 10.1. The second-order valence-corrected chi connectivity index (χ2v) is 4.04. The van der Waals surface area contributed by atoms with Crippen molar-refractivity contribution in [3.05, 3.63) is 23.6 Å². The van der Waals surface area contributed by atoms with Crippen LogP contribution in [0.5, 0.6) is 0 Å². The van der Waals surface area contributed by atoms with Crippen LogP contribution in [0.15, 0.2) is 12.1 Å². The number of carbonyl (C=O) groups excluding carboxylic acids is 2. The number of imide groups is 1. The van der Waals surface area contributed by atoms with Crippen LogP contribution < -0.4 is 16.4 Å². The van der Waals surface area contributed by atoms with Crippen LogP contribution in [0.1, 0.15) is 18.4 Å². The zero-order valence-corrected chi connectivity index (χ0v) is 9.57. The minimum atomic E-state index is -0.659. The Morgan fingerprint density at radius 2 is 2.28 bits per heavy atom. The molecule has 0 saturated carbocycles. The van der Waals surface area contributed by atoms with Crippen molar-refractivity contribution in [3.8, 4) is 0 Å². The number of hydrogen-bond acceptors (Lipinski definition) is 5. The monoisotopic (exact) mass is 252 g/mol. The number of halogens is 1. The fraction of sp³-hybridized carbons (Fsp3) is 0.364. The van der Waals surface area contributed by atoms with Crippen LogP contribution in [0.3, 0.4) is 0 Å². The molecule has 1 aromatic heterocycles. The van der Waals surface area contributed by atoms with E-state index in [1.54, 1.807) is 6.07 Å². The molecule has 1 aliphatic heterocycles. The van der Waals surface area contributed by atoms with Gasteiger partial charge in [-0.15, -0.1) is 0 Å². The number of aromatic nitrogens is 1. The standard InChI is InChI=1S/C11H13FN4O2/c12-8-3-6(5-13)4-9(15-8)14-7-1-2-10(17)16-11(7)18/h3-4,7H,1-2,5,13H2,(H,14,15)(H,16,17,18). The molecular formula is C11H13FN4O2. The predicted octanol–water partition coefficient (Wildman–Crippen LogP) is -0.104. The number of rotatable bonds is 3. The zero-order valence-electron chi connectivity index (χ0n) is 9.57. The van der Waals surface area contributed by atoms with Crippen molar-refractivity contribution < 1.29 is 14.0 Å². The third-order valence-electron chi connectivity index (χ3n) is 2.65. The lowest BCUT2D eigenvalue weighted by molar-refractivity contribution is -0.133. The first-order chi connectivity index (χ1) is 8.58. The number of amides is 2. The van der Waals surface area contributed by atoms with Gasteiger partial charge in [-0.1, -0.05) is 0 Å². The Balaban J connectivity index is 2.11. The van der Waals surface area contributed by atoms with Gasteiger partial charge in [-0.2, -0.15) is 4.39 Å². The Hall–Kier alpha value is -2.02. The Morgan fingerprint density at radius 3 is 2.94 bits per heavy atom. The van der Waals surface area contributed by atoms with Gasteiger partial charge >= 0.3 is 0 Å². The van der Waals surface area contributed by atoms with E-state index in [9.17, 15) is 14.0 Å². The van der Waals surface area contributed by atoms with Crippen LogP contribution in [0.2, 0.25) is 0 Å². The van der Waals surface area contributed by atoms with Crippen LogP contribution in [0.4, 0.5) is 10.2 Å². The molecule has 1 unspecified atom stereocenters. The van der Waals surface area contributed by atoms with E-state index in [2.05, 4.69) is 15.6 Å². The van der Waals surface area contributed by atoms with Crippen molar-refractivity contribution in [3.63, 3.8) is 0 Å². The minimum absolute atomic E-state index is 0.184. The summed E-state index contributed by atoms with van der Waals surface area (Å²) in [5, 5.41) is 5.00. The second kappa shape index (κ2) is 5.09. The molecule has 7 heteroatoms. The number of carbonyl (C=O) groups is 2. The molecular weight excluding hydrogens is 239 g/mol. The predicted molar refractivity (Wildman–Crippen MR) is 61.9 cm³/mol. The number of nitrogens with one attached hydrogen (secondary N) is 2. The van der Waals surface area contributed by atoms with E-state index < -0.39 is 17.9 Å². The van der Waals surface area contributed by atoms with E-state index in [0.29, 0.717) is 12.0 Å². The third-order valence-corrected chi connectivity index (χ3v) is 2.65. The van der Waals surface area contributed by atoms with E-state index in [-0.39, 0.29) is 24.7 Å². The fourth-order valence-electron chi connectivity index (χ4n) is 1.75. The number of pyridine rings is 1. The molecule has 2 amide bonds. The van der Waals surface area contributed by atoms with Crippen molar-refractivity contribution in [1.29, 1.82) is 0 Å². The van der Waals surface area contributed by atoms with Crippen LogP contribution >= 0.6 is 0 Å². The summed E-state index contributed by atoms with van der Waals surface area (Å²) in [6.07, 6.45) is 0.614. The summed E-state index contributed by atoms with van der Waals surface area (Å²) in [6.45, 7) is 0.184. The Labute approximate surface area is 103 Å². The molecule has 1 fully saturated rings. The Kier molecular flexibility index (Phi) is 3.52. The average molecular weight is 252 g/mol. The molecule has 1 atom stereocenters. The number of nitrogens with zero attached hydrogens (tertiary/aromatic N) is 1. The van der Waals surface area contributed by atoms with Gasteiger partial charge in [-0.3, -0.25) is 14.9 Å². The molecule has 6 nitrogen and oxygen atoms in total. The molecule has 2 rings (SSSR count). The molecule has 0 bridgehead atoms. The molecule has 18 heavy (non-hydrogen) atoms. The number of piperidine rings is 1. The van der Waals surface area contributed by atoms with E-state index in [1.807, 2.05) is 0 Å². The molecule has 2 heterocycles. The Morgan fingerprint density at radius 1 is 1.50 bits per heavy atom. The zero-order chi connectivity index (χ0) is 13.1. The largest absolute Gasteiger partial charge is 0.358 e. The minimum Gasteiger partial charge on any atom is -0.358 e. The van der Waals surface area contributed by atoms with Crippen LogP contribution in [-0.4, -0.2) is 22.8 Å². The lowest BCUT2D eigenvalue weighted by Crippen LogP contribution is -2.47. The molecule has 1 aliphatic rings. The van der Waals surface area contributed by atoms with Crippen molar-refractivity contribution in [2.45, 2.75) is 25.4 Å². The lowest BCUT2D eigenvalue weighted by Gasteiger charge is -2.22. The fourth-order valence-corrected chi connectivity index (χ4v) is 1.75. The summed E-state index contributed by atoms with van der Waals surface area (Å²) in [4.78, 5) is 26.1. The number of anilines is 1. The number of hydrogen-bond donors (Lipinski definition) is 3. The van der Waals surface area contributed by atoms with Gasteiger partial charge in [0.15, 0.2) is 0 Å². The normalized spacial score (nSPS) is 19.6. The van der Waals surface area contributed by atoms with Gasteiger partial charge in [0.2, 0.25) is 17.8 Å². The third kappa shape index (κ3) is 2.80. The molecule has 0 aliphatic carbocycles. The highest BCUT2D eigenvalue weighted by Crippen LogP contribution is 2.14. The van der Waals surface area contributed by atoms with Gasteiger partial charge < -0.3 is 11.1 Å². The quantitative estimate of drug-likeness (QED) is 0.515. The molecule has 0 radical (unpaired) electrons. The summed E-state index contributed by atoms with van der Waals surface area (Å²) in [5.41, 5.74) is 6.00. The highest BCUT2D eigenvalue weighted by molar-refractivity contribution is 6.01. The van der Waals surface area contributed by atoms with E-state index in [4.69, 9.17) is 5.73 Å². The molecule has 1 aromatic rings. The highest BCUT2D eigenvalue weighted by atomic mass is 19.1. The smallest absolute Gasteiger partial charge is 0.249 e. The van der Waals surface area contributed by atoms with Crippen molar-refractivity contribution in [2.24, 2.45) is 5.73 Å². The number of nitrogens with two attached hydrogens (primary N) is 1. The van der Waals surface area contributed by atoms with Crippen molar-refractivity contribution in [2.75, 3.05) is 5.32 Å². The van der Waals surface area contributed by atoms with E-state index >= 15 is 0 Å². The van der Waals surface area contributed by atoms with Crippen LogP contribution in [0.25, 0.3) is 0 Å². The van der Waals surface area contributed by atoms with E-state index in [0.717, 1.165) is 0 Å². The maximum absolute atomic E-state index is 13.2. The highest BCUT2D eigenvalue weighted by Gasteiger charge is 2.26. The van der Waals surface area contributed by atoms with Gasteiger partial charge in [0, 0.05) is 13.0 Å². The molecule has 4 N–H and O–H groups in total. The molecule has 1 saturated heterocycles. The maximum atomic E-state index is 13.2. The van der Waals surface area contributed by atoms with Gasteiger partial charge in [0.1, 0.15) is 11.9 Å². The second-order valence-electron chi connectivity index (χ2n) is 4.04. The summed E-state index contributed by atoms with van der Waals surface area (Å²) in [7, 11) is 0. The van der Waals surface area contributed by atoms with Gasteiger partial charge in [-0.05, 0) is 24.1 Å². The van der Waals surface area contributed by atoms with Gasteiger partial charge in [0.05, 0.1) is 0 Å². The maximum Gasteiger partial charge on any atom is 0.249 e. The van der Waals surface area contributed by atoms with Crippen LogP contribution in [0, 0.1) is 5.95 Å². The van der Waals surface area contributed by atoms with Crippen molar-refractivity contribution in [1.82, 2.24) is 10.3 Å². The SMILES string of the molecule is NCc1cc(F)nc(NC2CCC(=O)NC2=O)c1. The first-order valence-corrected chi connectivity index (χ1v) is 5.55. The summed E-state index contributed by atoms with van der Waals surface area (Å²) < 4.78 is 13.2. The average Bonchev–Trinajstić information content (AvgIpc) is 2.32. The van der Waals surface area contributed by atoms with Gasteiger partial charge in [-0.25, -0.2) is 4.98 Å². The summed E-state index contributed by atoms with van der Waals surface area (Å²) in [5.74, 6) is -1.14. The first kappa shape index (κ1) is 12.4. The van der Waals surface area contributed by atoms with Crippen molar-refractivity contribution >= 4 is 17.6 Å². The molecule has 0 spiro atoms. The van der Waals surface area contributed by atoms with Gasteiger partial charge in [0.25, 0.3) is 0 Å². The first-order valence-electron chi connectivity index (χ1n) is 5.55. The topological polar surface area (TPSA) is 97.1 Å². The van der Waals surface area contributed by atoms with E-state index in [1.165, 1.54) is 6.07 Å². The molecule has 0 aromatic carbocycles. The summed E-state index contributed by atoms with van der Waals surface area (Å²) in [6, 6.07) is 2.23. The molecule has 96 valence electrons. The summed E-state index contributed by atoms with van der Waals surface area (Å²) >= 11 is 0.